The number of ether oxygens (including phenoxy) is 1. The quantitative estimate of drug-likeness (QED) is 0.450. The molecular formula is C20H17ClN6O. The second-order valence-electron chi connectivity index (χ2n) is 5.95. The molecule has 7 nitrogen and oxygen atoms in total. The van der Waals surface area contributed by atoms with Crippen LogP contribution in [0.25, 0.3) is 10.9 Å². The molecule has 0 bridgehead atoms. The monoisotopic (exact) mass is 392 g/mol. The van der Waals surface area contributed by atoms with Crippen molar-refractivity contribution in [2.75, 3.05) is 23.5 Å². The molecule has 140 valence electrons. The molecule has 0 aliphatic rings. The van der Waals surface area contributed by atoms with Crippen LogP contribution in [0.2, 0.25) is 5.02 Å². The molecule has 0 fully saturated rings. The average molecular weight is 393 g/mol. The van der Waals surface area contributed by atoms with Crippen LogP contribution in [0.5, 0.6) is 5.75 Å². The van der Waals surface area contributed by atoms with Crippen molar-refractivity contribution in [1.82, 2.24) is 15.0 Å². The lowest BCUT2D eigenvalue weighted by molar-refractivity contribution is 0.417. The van der Waals surface area contributed by atoms with E-state index in [2.05, 4.69) is 25.6 Å². The summed E-state index contributed by atoms with van der Waals surface area (Å²) in [6, 6.07) is 14.9. The molecule has 0 atom stereocenters. The highest BCUT2D eigenvalue weighted by atomic mass is 35.5. The molecule has 28 heavy (non-hydrogen) atoms. The van der Waals surface area contributed by atoms with Crippen LogP contribution in [0.1, 0.15) is 0 Å². The fraction of sp³-hybridized carbons (Fsp3) is 0.0500. The summed E-state index contributed by atoms with van der Waals surface area (Å²) >= 11 is 6.10. The Bertz CT molecular complexity index is 1150. The molecular weight excluding hydrogens is 376 g/mol. The zero-order valence-electron chi connectivity index (χ0n) is 15.0. The van der Waals surface area contributed by atoms with Crippen molar-refractivity contribution in [3.63, 3.8) is 0 Å². The van der Waals surface area contributed by atoms with E-state index in [9.17, 15) is 0 Å². The molecule has 8 heteroatoms. The van der Waals surface area contributed by atoms with Crippen LogP contribution in [-0.2, 0) is 0 Å². The number of rotatable bonds is 5. The first kappa shape index (κ1) is 17.8. The number of halogens is 1. The van der Waals surface area contributed by atoms with Gasteiger partial charge in [0.2, 0.25) is 0 Å². The number of aromatic nitrogens is 3. The van der Waals surface area contributed by atoms with Crippen molar-refractivity contribution in [2.24, 2.45) is 0 Å². The number of hydrogen-bond acceptors (Lipinski definition) is 7. The van der Waals surface area contributed by atoms with Crippen LogP contribution >= 0.6 is 11.6 Å². The maximum atomic E-state index is 6.31. The lowest BCUT2D eigenvalue weighted by Gasteiger charge is -2.15. The van der Waals surface area contributed by atoms with Gasteiger partial charge >= 0.3 is 0 Å². The summed E-state index contributed by atoms with van der Waals surface area (Å²) in [6.45, 7) is 0. The maximum Gasteiger partial charge on any atom is 0.159 e. The van der Waals surface area contributed by atoms with Gasteiger partial charge in [0.05, 0.1) is 18.3 Å². The molecule has 0 saturated heterocycles. The Hall–Kier alpha value is -3.58. The Balaban J connectivity index is 1.68. The first-order valence-electron chi connectivity index (χ1n) is 8.47. The highest BCUT2D eigenvalue weighted by molar-refractivity contribution is 6.31. The van der Waals surface area contributed by atoms with Gasteiger partial charge < -0.3 is 21.1 Å². The Labute approximate surface area is 166 Å². The van der Waals surface area contributed by atoms with Gasteiger partial charge in [0, 0.05) is 22.3 Å². The second kappa shape index (κ2) is 7.58. The number of nitrogens with zero attached hydrogens (tertiary/aromatic N) is 3. The molecule has 0 aliphatic carbocycles. The summed E-state index contributed by atoms with van der Waals surface area (Å²) < 4.78 is 5.36. The van der Waals surface area contributed by atoms with Crippen LogP contribution in [0.15, 0.2) is 61.1 Å². The molecule has 4 N–H and O–H groups in total. The summed E-state index contributed by atoms with van der Waals surface area (Å²) in [5, 5.41) is 7.96. The Morgan fingerprint density at radius 1 is 0.929 bits per heavy atom. The van der Waals surface area contributed by atoms with Gasteiger partial charge in [-0.05, 0) is 42.5 Å². The van der Waals surface area contributed by atoms with Crippen LogP contribution < -0.4 is 21.1 Å². The van der Waals surface area contributed by atoms with Crippen LogP contribution in [-0.4, -0.2) is 22.1 Å². The van der Waals surface area contributed by atoms with Gasteiger partial charge in [-0.15, -0.1) is 0 Å². The fourth-order valence-electron chi connectivity index (χ4n) is 2.84. The Kier molecular flexibility index (Phi) is 4.82. The van der Waals surface area contributed by atoms with Gasteiger partial charge in [0.25, 0.3) is 0 Å². The highest BCUT2D eigenvalue weighted by Crippen LogP contribution is 2.34. The zero-order valence-corrected chi connectivity index (χ0v) is 15.7. The molecule has 0 aliphatic heterocycles. The van der Waals surface area contributed by atoms with Crippen LogP contribution in [0.3, 0.4) is 0 Å². The fourth-order valence-corrected chi connectivity index (χ4v) is 3.01. The average Bonchev–Trinajstić information content (AvgIpc) is 2.71. The van der Waals surface area contributed by atoms with E-state index >= 15 is 0 Å². The number of nitrogen functional groups attached to an aromatic ring is 1. The standard InChI is InChI=1S/C20H17ClN6O/c1-28-17-8-7-12(21)10-16(17)27-20-18(22)19(24-11-25-20)26-15-6-2-5-14-13(15)4-3-9-23-14/h2-11H,22H2,1H3,(H2,24,25,26,27). The van der Waals surface area contributed by atoms with Gasteiger partial charge in [-0.25, -0.2) is 9.97 Å². The molecule has 2 aromatic carbocycles. The van der Waals surface area contributed by atoms with E-state index in [1.165, 1.54) is 6.33 Å². The minimum Gasteiger partial charge on any atom is -0.495 e. The largest absolute Gasteiger partial charge is 0.495 e. The summed E-state index contributed by atoms with van der Waals surface area (Å²) in [7, 11) is 1.58. The third-order valence-corrected chi connectivity index (χ3v) is 4.43. The normalized spacial score (nSPS) is 10.6. The number of nitrogens with one attached hydrogen (secondary N) is 2. The molecule has 2 aromatic heterocycles. The van der Waals surface area contributed by atoms with Crippen molar-refractivity contribution in [3.05, 3.63) is 66.1 Å². The topological polar surface area (TPSA) is 98.0 Å². The van der Waals surface area contributed by atoms with Crippen molar-refractivity contribution in [1.29, 1.82) is 0 Å². The second-order valence-corrected chi connectivity index (χ2v) is 6.39. The number of methoxy groups -OCH3 is 1. The van der Waals surface area contributed by atoms with E-state index in [-0.39, 0.29) is 0 Å². The lowest BCUT2D eigenvalue weighted by atomic mass is 10.2. The Morgan fingerprint density at radius 2 is 1.71 bits per heavy atom. The predicted octanol–water partition coefficient (Wildman–Crippen LogP) is 4.76. The molecule has 0 unspecified atom stereocenters. The van der Waals surface area contributed by atoms with E-state index in [0.717, 1.165) is 16.6 Å². The number of benzene rings is 2. The van der Waals surface area contributed by atoms with Crippen molar-refractivity contribution < 1.29 is 4.74 Å². The predicted molar refractivity (Wildman–Crippen MR) is 113 cm³/mol. The maximum absolute atomic E-state index is 6.31. The first-order chi connectivity index (χ1) is 13.7. The van der Waals surface area contributed by atoms with Gasteiger partial charge in [-0.1, -0.05) is 17.7 Å². The third-order valence-electron chi connectivity index (χ3n) is 4.20. The molecule has 0 radical (unpaired) electrons. The SMILES string of the molecule is COc1ccc(Cl)cc1Nc1ncnc(Nc2cccc3ncccc23)c1N. The number of pyridine rings is 1. The minimum absolute atomic E-state index is 0.366. The van der Waals surface area contributed by atoms with Crippen molar-refractivity contribution >= 4 is 51.2 Å². The minimum atomic E-state index is 0.366. The van der Waals surface area contributed by atoms with Crippen LogP contribution in [0, 0.1) is 0 Å². The molecule has 2 heterocycles. The summed E-state index contributed by atoms with van der Waals surface area (Å²) in [4.78, 5) is 12.9. The molecule has 0 spiro atoms. The molecule has 0 amide bonds. The van der Waals surface area contributed by atoms with E-state index in [1.807, 2.05) is 30.3 Å². The van der Waals surface area contributed by atoms with Gasteiger partial charge in [-0.2, -0.15) is 0 Å². The molecule has 0 saturated carbocycles. The highest BCUT2D eigenvalue weighted by Gasteiger charge is 2.12. The number of anilines is 5. The number of fused-ring (bicyclic) bond motifs is 1. The van der Waals surface area contributed by atoms with Gasteiger partial charge in [-0.3, -0.25) is 4.98 Å². The summed E-state index contributed by atoms with van der Waals surface area (Å²) in [6.07, 6.45) is 3.19. The molecule has 4 rings (SSSR count). The van der Waals surface area contributed by atoms with Crippen molar-refractivity contribution in [2.45, 2.75) is 0 Å². The Morgan fingerprint density at radius 3 is 2.50 bits per heavy atom. The van der Waals surface area contributed by atoms with Gasteiger partial charge in [0.1, 0.15) is 17.8 Å². The number of hydrogen-bond donors (Lipinski definition) is 3. The lowest BCUT2D eigenvalue weighted by Crippen LogP contribution is -2.06. The zero-order chi connectivity index (χ0) is 19.5. The smallest absolute Gasteiger partial charge is 0.159 e. The van der Waals surface area contributed by atoms with E-state index in [0.29, 0.717) is 33.8 Å². The van der Waals surface area contributed by atoms with E-state index in [1.54, 1.807) is 31.5 Å². The van der Waals surface area contributed by atoms with E-state index < -0.39 is 0 Å². The third kappa shape index (κ3) is 3.47. The number of nitrogens with two attached hydrogens (primary N) is 1. The van der Waals surface area contributed by atoms with Gasteiger partial charge in [0.15, 0.2) is 11.6 Å². The van der Waals surface area contributed by atoms with Crippen molar-refractivity contribution in [3.8, 4) is 5.75 Å². The van der Waals surface area contributed by atoms with Crippen LogP contribution in [0.4, 0.5) is 28.7 Å². The first-order valence-corrected chi connectivity index (χ1v) is 8.85. The van der Waals surface area contributed by atoms with E-state index in [4.69, 9.17) is 22.1 Å². The summed E-state index contributed by atoms with van der Waals surface area (Å²) in [5.74, 6) is 1.54. The summed E-state index contributed by atoms with van der Waals surface area (Å²) in [5.41, 5.74) is 9.06. The molecule has 4 aromatic rings.